The fourth-order valence-corrected chi connectivity index (χ4v) is 13.8. The number of benzene rings is 2. The van der Waals surface area contributed by atoms with Gasteiger partial charge in [-0.05, 0) is 127 Å². The molecule has 0 fully saturated rings. The van der Waals surface area contributed by atoms with Crippen LogP contribution in [0.5, 0.6) is 0 Å². The number of hydrogen-bond donors (Lipinski definition) is 2. The molecule has 85 heavy (non-hydrogen) atoms. The number of carboxylic acids is 2. The average molecular weight is 1210 g/mol. The minimum Gasteiger partial charge on any atom is -0.478 e. The molecule has 0 aliphatic heterocycles. The van der Waals surface area contributed by atoms with Crippen LogP contribution in [-0.2, 0) is 0 Å². The first-order valence-electron chi connectivity index (χ1n) is 37.6. The molecule has 0 aliphatic carbocycles. The summed E-state index contributed by atoms with van der Waals surface area (Å²) in [5, 5.41) is 18.2. The zero-order valence-corrected chi connectivity index (χ0v) is 59.0. The van der Waals surface area contributed by atoms with E-state index in [0.717, 1.165) is 11.8 Å². The molecule has 2 aromatic carbocycles. The van der Waals surface area contributed by atoms with E-state index in [1.165, 1.54) is 382 Å². The Labute approximate surface area is 535 Å². The normalized spacial score (nSPS) is 11.6. The monoisotopic (exact) mass is 1210 g/mol. The summed E-state index contributed by atoms with van der Waals surface area (Å²) in [6.45, 7) is 30.5. The van der Waals surface area contributed by atoms with Crippen LogP contribution in [-0.4, -0.2) is 83.5 Å². The molecule has 2 N–H and O–H groups in total. The van der Waals surface area contributed by atoms with Crippen LogP contribution in [0.15, 0.2) is 58.3 Å². The van der Waals surface area contributed by atoms with Crippen molar-refractivity contribution in [2.75, 3.05) is 52.4 Å². The highest BCUT2D eigenvalue weighted by atomic mass is 32.2. The smallest absolute Gasteiger partial charge is 0.336 e. The fourth-order valence-electron chi connectivity index (χ4n) is 12.7. The van der Waals surface area contributed by atoms with E-state index in [2.05, 4.69) is 55.4 Å². The Hall–Kier alpha value is -2.35. The van der Waals surface area contributed by atoms with Gasteiger partial charge in [0.25, 0.3) is 0 Å². The molecule has 0 bridgehead atoms. The predicted octanol–water partition coefficient (Wildman–Crippen LogP) is 25.7. The molecule has 0 atom stereocenters. The number of unbranched alkanes of at least 4 members (excludes halogenated alkanes) is 40. The third-order valence-corrected chi connectivity index (χ3v) is 19.5. The number of carboxylic acid groups (broad SMARTS) is 2. The second-order valence-corrected chi connectivity index (χ2v) is 27.4. The van der Waals surface area contributed by atoms with Gasteiger partial charge in [-0.3, -0.25) is 0 Å². The van der Waals surface area contributed by atoms with Gasteiger partial charge >= 0.3 is 11.9 Å². The van der Waals surface area contributed by atoms with Gasteiger partial charge in [0.05, 0.1) is 63.5 Å². The standard InChI is InChI=1S/2C32H68N.C14H10O4S/c2*1-5-9-13-17-21-25-29-33(30-26-22-18-14-10-6-2,31-27-23-19-15-11-7-3)32-28-24-20-16-12-8-4;15-13(16)9-5-1-3-7-11(9)19-12-8-4-2-6-10(12)14(17)18/h2*5-32H2,1-4H3;1-8H,(H,15,16)(H,17,18)/q2*+1;. The zero-order chi connectivity index (χ0) is 62.4. The van der Waals surface area contributed by atoms with E-state index in [4.69, 9.17) is 10.2 Å². The van der Waals surface area contributed by atoms with Crippen molar-refractivity contribution in [3.05, 3.63) is 59.7 Å². The number of carbonyl (C=O) groups is 2. The molecule has 7 heteroatoms. The highest BCUT2D eigenvalue weighted by Gasteiger charge is 2.27. The van der Waals surface area contributed by atoms with Crippen molar-refractivity contribution in [1.82, 2.24) is 0 Å². The van der Waals surface area contributed by atoms with Gasteiger partial charge in [-0.15, -0.1) is 0 Å². The Morgan fingerprint density at radius 1 is 0.259 bits per heavy atom. The maximum Gasteiger partial charge on any atom is 0.336 e. The van der Waals surface area contributed by atoms with Gasteiger partial charge in [0, 0.05) is 9.79 Å². The van der Waals surface area contributed by atoms with Crippen molar-refractivity contribution in [3.8, 4) is 0 Å². The van der Waals surface area contributed by atoms with Gasteiger partial charge in [-0.25, -0.2) is 9.59 Å². The van der Waals surface area contributed by atoms with Gasteiger partial charge in [-0.1, -0.05) is 297 Å². The molecule has 0 unspecified atom stereocenters. The lowest BCUT2D eigenvalue weighted by molar-refractivity contribution is -0.929. The fraction of sp³-hybridized carbons (Fsp3) is 0.821. The Kier molecular flexibility index (Phi) is 60.2. The van der Waals surface area contributed by atoms with Crippen LogP contribution in [0.3, 0.4) is 0 Å². The van der Waals surface area contributed by atoms with Gasteiger partial charge in [0.15, 0.2) is 0 Å². The number of nitrogens with zero attached hydrogens (tertiary/aromatic N) is 2. The van der Waals surface area contributed by atoms with Crippen LogP contribution in [0, 0.1) is 0 Å². The van der Waals surface area contributed by atoms with Gasteiger partial charge in [0.2, 0.25) is 0 Å². The van der Waals surface area contributed by atoms with Crippen LogP contribution >= 0.6 is 11.8 Å². The molecule has 6 nitrogen and oxygen atoms in total. The number of rotatable bonds is 60. The van der Waals surface area contributed by atoms with E-state index in [1.807, 2.05) is 0 Å². The molecule has 2 rings (SSSR count). The largest absolute Gasteiger partial charge is 0.478 e. The summed E-state index contributed by atoms with van der Waals surface area (Å²) in [4.78, 5) is 23.2. The second kappa shape index (κ2) is 61.9. The SMILES string of the molecule is CCCCCCCC[N+](CCCCCCCC)(CCCCCCCC)CCCCCCCC.CCCCCCCC[N+](CCCCCCCC)(CCCCCCCC)CCCCCCCC.O=C(O)c1ccccc1Sc1ccccc1C(=O)O. The van der Waals surface area contributed by atoms with E-state index in [-0.39, 0.29) is 11.1 Å². The quantitative estimate of drug-likeness (QED) is 0.0510. The molecule has 0 radical (unpaired) electrons. The lowest BCUT2D eigenvalue weighted by Crippen LogP contribution is -2.50. The van der Waals surface area contributed by atoms with Crippen molar-refractivity contribution in [2.24, 2.45) is 0 Å². The zero-order valence-electron chi connectivity index (χ0n) is 58.2. The van der Waals surface area contributed by atoms with Crippen molar-refractivity contribution >= 4 is 23.7 Å². The summed E-state index contributed by atoms with van der Waals surface area (Å²) in [6, 6.07) is 13.0. The first kappa shape index (κ1) is 82.7. The van der Waals surface area contributed by atoms with Crippen molar-refractivity contribution in [2.45, 2.75) is 373 Å². The lowest BCUT2D eigenvalue weighted by atomic mass is 10.0. The average Bonchev–Trinajstić information content (AvgIpc) is 3.70. The first-order valence-corrected chi connectivity index (χ1v) is 38.4. The minimum atomic E-state index is -1.03. The summed E-state index contributed by atoms with van der Waals surface area (Å²) in [5.41, 5.74) is 0.320. The van der Waals surface area contributed by atoms with Crippen molar-refractivity contribution < 1.29 is 28.8 Å². The Morgan fingerprint density at radius 2 is 0.412 bits per heavy atom. The third-order valence-electron chi connectivity index (χ3n) is 18.3. The summed E-state index contributed by atoms with van der Waals surface area (Å²) >= 11 is 1.14. The molecule has 0 aromatic heterocycles. The van der Waals surface area contributed by atoms with Crippen LogP contribution in [0.4, 0.5) is 0 Å². The van der Waals surface area contributed by atoms with E-state index in [0.29, 0.717) is 9.79 Å². The van der Waals surface area contributed by atoms with E-state index >= 15 is 0 Å². The first-order chi connectivity index (χ1) is 41.6. The number of quaternary nitrogens is 2. The molecule has 0 saturated heterocycles. The maximum absolute atomic E-state index is 11.1. The molecule has 0 spiro atoms. The third kappa shape index (κ3) is 48.2. The maximum atomic E-state index is 11.1. The lowest BCUT2D eigenvalue weighted by Gasteiger charge is -2.40. The van der Waals surface area contributed by atoms with Gasteiger partial charge < -0.3 is 19.2 Å². The molecule has 0 saturated carbocycles. The summed E-state index contributed by atoms with van der Waals surface area (Å²) in [6.07, 6.45) is 69.5. The van der Waals surface area contributed by atoms with Gasteiger partial charge in [0.1, 0.15) is 0 Å². The van der Waals surface area contributed by atoms with Crippen LogP contribution < -0.4 is 0 Å². The number of aromatic carboxylic acids is 2. The van der Waals surface area contributed by atoms with E-state index < -0.39 is 11.9 Å². The molecule has 0 heterocycles. The van der Waals surface area contributed by atoms with Crippen LogP contribution in [0.1, 0.15) is 384 Å². The number of hydrogen-bond acceptors (Lipinski definition) is 3. The highest BCUT2D eigenvalue weighted by molar-refractivity contribution is 7.99. The molecular weight excluding hydrogens is 1060 g/mol. The molecule has 0 aliphatic rings. The highest BCUT2D eigenvalue weighted by Crippen LogP contribution is 2.33. The molecule has 0 amide bonds. The van der Waals surface area contributed by atoms with E-state index in [9.17, 15) is 9.59 Å². The minimum absolute atomic E-state index is 0.160. The summed E-state index contributed by atoms with van der Waals surface area (Å²) < 4.78 is 2.95. The topological polar surface area (TPSA) is 74.6 Å². The van der Waals surface area contributed by atoms with Crippen molar-refractivity contribution in [1.29, 1.82) is 0 Å². The van der Waals surface area contributed by atoms with Gasteiger partial charge in [-0.2, -0.15) is 0 Å². The molecule has 2 aromatic rings. The van der Waals surface area contributed by atoms with Crippen LogP contribution in [0.25, 0.3) is 0 Å². The Morgan fingerprint density at radius 3 is 0.576 bits per heavy atom. The van der Waals surface area contributed by atoms with Crippen molar-refractivity contribution in [3.63, 3.8) is 0 Å². The Bertz CT molecular complexity index is 1470. The predicted molar refractivity (Wildman–Crippen MR) is 377 cm³/mol. The summed E-state index contributed by atoms with van der Waals surface area (Å²) in [5.74, 6) is -2.06. The second-order valence-electron chi connectivity index (χ2n) is 26.3. The molecular formula is C78H146N2O4S+2. The van der Waals surface area contributed by atoms with Crippen LogP contribution in [0.2, 0.25) is 0 Å². The summed E-state index contributed by atoms with van der Waals surface area (Å²) in [7, 11) is 0. The molecule has 496 valence electrons. The Balaban J connectivity index is 0.00000129. The van der Waals surface area contributed by atoms with E-state index in [1.54, 1.807) is 36.4 Å².